The SMILES string of the molecule is O.[2H]c1c([2H])c([2H])[n+](CCCCCCCCCCCCCCCC)c([2H])c1[2H].[Cl-]. The summed E-state index contributed by atoms with van der Waals surface area (Å²) in [6.07, 6.45) is 17.7. The Labute approximate surface area is 163 Å². The topological polar surface area (TPSA) is 35.4 Å². The first kappa shape index (κ1) is 16.8. The molecule has 0 amide bonds. The normalized spacial score (nSPS) is 13.0. The third kappa shape index (κ3) is 16.3. The van der Waals surface area contributed by atoms with Gasteiger partial charge in [-0.3, -0.25) is 0 Å². The summed E-state index contributed by atoms with van der Waals surface area (Å²) in [5.74, 6) is 0. The molecule has 2 N–H and O–H groups in total. The minimum absolute atomic E-state index is 0. The van der Waals surface area contributed by atoms with Gasteiger partial charge in [-0.25, -0.2) is 4.57 Å². The zero-order valence-electron chi connectivity index (χ0n) is 20.4. The Morgan fingerprint density at radius 3 is 1.42 bits per heavy atom. The second-order valence-corrected chi connectivity index (χ2v) is 6.35. The highest BCUT2D eigenvalue weighted by atomic mass is 35.5. The molecule has 1 heterocycles. The predicted molar refractivity (Wildman–Crippen MR) is 101 cm³/mol. The highest BCUT2D eigenvalue weighted by Gasteiger charge is 1.98. The minimum Gasteiger partial charge on any atom is -1.00 e. The van der Waals surface area contributed by atoms with Crippen molar-refractivity contribution in [3.8, 4) is 0 Å². The molecule has 1 aromatic rings. The number of pyridine rings is 1. The lowest BCUT2D eigenvalue weighted by Gasteiger charge is -2.02. The van der Waals surface area contributed by atoms with Gasteiger partial charge in [-0.2, -0.15) is 0 Å². The average Bonchev–Trinajstić information content (AvgIpc) is 2.67. The number of hydrogen-bond acceptors (Lipinski definition) is 0. The Balaban J connectivity index is 0. The van der Waals surface area contributed by atoms with Crippen molar-refractivity contribution < 1.29 is 29.3 Å². The Hall–Kier alpha value is -0.600. The van der Waals surface area contributed by atoms with Crippen molar-refractivity contribution >= 4 is 0 Å². The van der Waals surface area contributed by atoms with Gasteiger partial charge in [0.1, 0.15) is 9.29 Å². The molecule has 0 saturated carbocycles. The van der Waals surface area contributed by atoms with Crippen molar-refractivity contribution in [2.75, 3.05) is 0 Å². The lowest BCUT2D eigenvalue weighted by atomic mass is 10.0. The molecule has 0 spiro atoms. The van der Waals surface area contributed by atoms with E-state index in [1.54, 1.807) is 0 Å². The molecule has 0 atom stereocenters. The Morgan fingerprint density at radius 2 is 1.00 bits per heavy atom. The van der Waals surface area contributed by atoms with Crippen LogP contribution in [0.25, 0.3) is 0 Å². The Morgan fingerprint density at radius 1 is 0.625 bits per heavy atom. The van der Waals surface area contributed by atoms with Crippen LogP contribution in [0.5, 0.6) is 0 Å². The quantitative estimate of drug-likeness (QED) is 0.339. The summed E-state index contributed by atoms with van der Waals surface area (Å²) in [6, 6.07) is -0.815. The molecule has 142 valence electrons. The van der Waals surface area contributed by atoms with Crippen molar-refractivity contribution in [3.63, 3.8) is 0 Å². The number of nitrogens with zero attached hydrogens (tertiary/aromatic N) is 1. The zero-order valence-corrected chi connectivity index (χ0v) is 16.2. The van der Waals surface area contributed by atoms with E-state index < -0.39 is 0 Å². The van der Waals surface area contributed by atoms with E-state index in [-0.39, 0.29) is 48.4 Å². The van der Waals surface area contributed by atoms with Crippen LogP contribution in [0.2, 0.25) is 0 Å². The first-order valence-electron chi connectivity index (χ1n) is 12.0. The molecular formula is C21H40ClNO. The van der Waals surface area contributed by atoms with Gasteiger partial charge in [-0.05, 0) is 6.42 Å². The van der Waals surface area contributed by atoms with Gasteiger partial charge in [0, 0.05) is 18.5 Å². The van der Waals surface area contributed by atoms with E-state index in [0.717, 1.165) is 19.3 Å². The van der Waals surface area contributed by atoms with Crippen molar-refractivity contribution in [1.29, 1.82) is 0 Å². The fourth-order valence-electron chi connectivity index (χ4n) is 2.83. The van der Waals surface area contributed by atoms with Gasteiger partial charge in [0.25, 0.3) is 0 Å². The standard InChI is InChI=1S/C21H38N.ClH.H2O/c1-2-3-4-5-6-7-8-9-10-11-12-13-14-16-19-22-20-17-15-18-21-22;;/h15,17-18,20-21H,2-14,16,19H2,1H3;1H;1H2/q+1;;/p-1/i15D,17D,18D,20D,21D;;. The summed E-state index contributed by atoms with van der Waals surface area (Å²) in [5, 5.41) is 0. The van der Waals surface area contributed by atoms with E-state index >= 15 is 0 Å². The molecule has 0 aromatic carbocycles. The first-order chi connectivity index (χ1) is 13.0. The van der Waals surface area contributed by atoms with E-state index in [1.807, 2.05) is 0 Å². The highest BCUT2D eigenvalue weighted by molar-refractivity contribution is 4.83. The second-order valence-electron chi connectivity index (χ2n) is 6.35. The molecule has 2 nitrogen and oxygen atoms in total. The Bertz CT molecular complexity index is 531. The monoisotopic (exact) mass is 362 g/mol. The van der Waals surface area contributed by atoms with Gasteiger partial charge in [0.2, 0.25) is 0 Å². The van der Waals surface area contributed by atoms with Gasteiger partial charge >= 0.3 is 0 Å². The van der Waals surface area contributed by atoms with E-state index in [4.69, 9.17) is 6.85 Å². The highest BCUT2D eigenvalue weighted by Crippen LogP contribution is 2.12. The second kappa shape index (κ2) is 20.4. The average molecular weight is 363 g/mol. The van der Waals surface area contributed by atoms with Gasteiger partial charge < -0.3 is 17.9 Å². The van der Waals surface area contributed by atoms with Crippen LogP contribution in [0.15, 0.2) is 30.5 Å². The van der Waals surface area contributed by atoms with Gasteiger partial charge in [-0.15, -0.1) is 0 Å². The number of unbranched alkanes of at least 4 members (excludes halogenated alkanes) is 13. The van der Waals surface area contributed by atoms with Crippen LogP contribution in [0.4, 0.5) is 0 Å². The molecule has 0 radical (unpaired) electrons. The molecule has 1 rings (SSSR count). The van der Waals surface area contributed by atoms with Crippen LogP contribution >= 0.6 is 0 Å². The van der Waals surface area contributed by atoms with E-state index in [0.29, 0.717) is 6.54 Å². The predicted octanol–water partition coefficient (Wildman–Crippen LogP) is 2.63. The number of hydrogen-bond donors (Lipinski definition) is 0. The van der Waals surface area contributed by atoms with Crippen molar-refractivity contribution in [1.82, 2.24) is 0 Å². The van der Waals surface area contributed by atoms with E-state index in [9.17, 15) is 0 Å². The van der Waals surface area contributed by atoms with Crippen molar-refractivity contribution in [3.05, 3.63) is 30.5 Å². The van der Waals surface area contributed by atoms with Crippen LogP contribution in [-0.4, -0.2) is 5.48 Å². The molecule has 0 unspecified atom stereocenters. The smallest absolute Gasteiger partial charge is 0.168 e. The van der Waals surface area contributed by atoms with E-state index in [2.05, 4.69) is 6.92 Å². The molecule has 0 saturated heterocycles. The van der Waals surface area contributed by atoms with Crippen molar-refractivity contribution in [2.24, 2.45) is 0 Å². The third-order valence-electron chi connectivity index (χ3n) is 4.24. The molecule has 0 aliphatic carbocycles. The molecule has 0 aliphatic rings. The van der Waals surface area contributed by atoms with Crippen LogP contribution in [0, 0.1) is 0 Å². The van der Waals surface area contributed by atoms with E-state index in [1.165, 1.54) is 75.2 Å². The molecule has 0 bridgehead atoms. The largest absolute Gasteiger partial charge is 1.00 e. The Kier molecular flexibility index (Phi) is 14.4. The lowest BCUT2D eigenvalue weighted by molar-refractivity contribution is -0.697. The number of halogens is 1. The zero-order chi connectivity index (χ0) is 20.1. The third-order valence-corrected chi connectivity index (χ3v) is 4.24. The van der Waals surface area contributed by atoms with Gasteiger partial charge in [0.15, 0.2) is 12.3 Å². The van der Waals surface area contributed by atoms with Gasteiger partial charge in [0.05, 0.1) is 4.11 Å². The summed E-state index contributed by atoms with van der Waals surface area (Å²) in [4.78, 5) is 0. The lowest BCUT2D eigenvalue weighted by Crippen LogP contribution is -3.00. The molecular weight excluding hydrogens is 318 g/mol. The summed E-state index contributed by atoms with van der Waals surface area (Å²) in [6.45, 7) is 2.75. The minimum atomic E-state index is -0.317. The molecule has 1 aromatic heterocycles. The summed E-state index contributed by atoms with van der Waals surface area (Å²) in [5.41, 5.74) is 0. The van der Waals surface area contributed by atoms with Crippen LogP contribution in [0.3, 0.4) is 0 Å². The molecule has 3 heteroatoms. The number of rotatable bonds is 15. The maximum Gasteiger partial charge on any atom is 0.168 e. The van der Waals surface area contributed by atoms with Crippen LogP contribution < -0.4 is 17.0 Å². The maximum atomic E-state index is 7.90. The molecule has 24 heavy (non-hydrogen) atoms. The molecule has 0 aliphatic heterocycles. The molecule has 0 fully saturated rings. The first-order valence-corrected chi connectivity index (χ1v) is 9.47. The maximum absolute atomic E-state index is 7.90. The fourth-order valence-corrected chi connectivity index (χ4v) is 2.83. The summed E-state index contributed by atoms with van der Waals surface area (Å²) in [7, 11) is 0. The van der Waals surface area contributed by atoms with Crippen molar-refractivity contribution in [2.45, 2.75) is 103 Å². The summed E-state index contributed by atoms with van der Waals surface area (Å²) >= 11 is 0. The number of aromatic nitrogens is 1. The fraction of sp³-hybridized carbons (Fsp3) is 0.762. The van der Waals surface area contributed by atoms with Gasteiger partial charge in [-0.1, -0.05) is 90.0 Å². The van der Waals surface area contributed by atoms with Crippen LogP contribution in [0.1, 0.15) is 104 Å². The van der Waals surface area contributed by atoms with Crippen LogP contribution in [-0.2, 0) is 6.54 Å². The summed E-state index contributed by atoms with van der Waals surface area (Å²) < 4.78 is 40.2.